The maximum Gasteiger partial charge on any atom is 0.337 e. The van der Waals surface area contributed by atoms with E-state index in [9.17, 15) is 4.79 Å². The van der Waals surface area contributed by atoms with Crippen molar-refractivity contribution in [1.29, 1.82) is 0 Å². The monoisotopic (exact) mass is 386 g/mol. The van der Waals surface area contributed by atoms with Gasteiger partial charge in [-0.2, -0.15) is 0 Å². The highest BCUT2D eigenvalue weighted by molar-refractivity contribution is 6.04. The normalized spacial score (nSPS) is 12.5. The Hall–Kier alpha value is -3.53. The number of methoxy groups -OCH3 is 3. The highest BCUT2D eigenvalue weighted by Crippen LogP contribution is 2.43. The molecular formula is C25H22O4. The summed E-state index contributed by atoms with van der Waals surface area (Å²) in [5.74, 6) is 1.32. The van der Waals surface area contributed by atoms with Crippen molar-refractivity contribution in [1.82, 2.24) is 0 Å². The Balaban J connectivity index is 1.85. The number of hydrogen-bond acceptors (Lipinski definition) is 4. The lowest BCUT2D eigenvalue weighted by Gasteiger charge is -2.11. The topological polar surface area (TPSA) is 44.8 Å². The maximum atomic E-state index is 12.0. The fourth-order valence-electron chi connectivity index (χ4n) is 3.80. The van der Waals surface area contributed by atoms with Crippen LogP contribution in [-0.4, -0.2) is 27.3 Å². The summed E-state index contributed by atoms with van der Waals surface area (Å²) in [7, 11) is 4.73. The van der Waals surface area contributed by atoms with Crippen molar-refractivity contribution in [2.75, 3.05) is 21.3 Å². The van der Waals surface area contributed by atoms with Crippen LogP contribution in [0.25, 0.3) is 11.1 Å². The fourth-order valence-corrected chi connectivity index (χ4v) is 3.80. The molecule has 0 bridgehead atoms. The van der Waals surface area contributed by atoms with Gasteiger partial charge in [0.05, 0.1) is 26.9 Å². The van der Waals surface area contributed by atoms with Crippen LogP contribution >= 0.6 is 0 Å². The molecule has 146 valence electrons. The van der Waals surface area contributed by atoms with Crippen LogP contribution in [0.5, 0.6) is 11.5 Å². The average Bonchev–Trinajstić information content (AvgIpc) is 3.17. The van der Waals surface area contributed by atoms with Crippen molar-refractivity contribution < 1.29 is 19.0 Å². The number of allylic oxidation sites excluding steroid dienone is 1. The number of hydrogen-bond donors (Lipinski definition) is 0. The summed E-state index contributed by atoms with van der Waals surface area (Å²) in [5, 5.41) is 0. The van der Waals surface area contributed by atoms with Gasteiger partial charge in [-0.3, -0.25) is 0 Å². The number of carbonyl (C=O) groups excluding carboxylic acids is 1. The summed E-state index contributed by atoms with van der Waals surface area (Å²) in [5.41, 5.74) is 7.45. The summed E-state index contributed by atoms with van der Waals surface area (Å²) in [6, 6.07) is 21.9. The molecule has 0 saturated heterocycles. The number of esters is 1. The van der Waals surface area contributed by atoms with Crippen LogP contribution in [0.1, 0.15) is 32.6 Å². The van der Waals surface area contributed by atoms with Gasteiger partial charge < -0.3 is 14.2 Å². The third kappa shape index (κ3) is 3.49. The van der Waals surface area contributed by atoms with Crippen molar-refractivity contribution >= 4 is 17.1 Å². The lowest BCUT2D eigenvalue weighted by Crippen LogP contribution is -2.02. The number of rotatable bonds is 5. The van der Waals surface area contributed by atoms with E-state index in [0.717, 1.165) is 40.2 Å². The molecule has 0 aliphatic heterocycles. The minimum atomic E-state index is -0.323. The molecule has 1 aliphatic carbocycles. The van der Waals surface area contributed by atoms with Gasteiger partial charge in [-0.05, 0) is 76.2 Å². The molecule has 0 amide bonds. The largest absolute Gasteiger partial charge is 0.497 e. The second-order valence-corrected chi connectivity index (χ2v) is 6.85. The Bertz CT molecular complexity index is 1080. The smallest absolute Gasteiger partial charge is 0.337 e. The van der Waals surface area contributed by atoms with E-state index in [1.165, 1.54) is 18.3 Å². The second kappa shape index (κ2) is 7.84. The van der Waals surface area contributed by atoms with Gasteiger partial charge in [0.25, 0.3) is 0 Å². The van der Waals surface area contributed by atoms with Crippen LogP contribution in [0.15, 0.2) is 66.7 Å². The Kier molecular flexibility index (Phi) is 5.09. The van der Waals surface area contributed by atoms with Crippen molar-refractivity contribution in [3.63, 3.8) is 0 Å². The number of carbonyl (C=O) groups is 1. The van der Waals surface area contributed by atoms with E-state index in [1.807, 2.05) is 42.5 Å². The summed E-state index contributed by atoms with van der Waals surface area (Å²) in [6.45, 7) is 0. The predicted octanol–water partition coefficient (Wildman–Crippen LogP) is 5.01. The van der Waals surface area contributed by atoms with Gasteiger partial charge in [-0.1, -0.05) is 30.3 Å². The van der Waals surface area contributed by atoms with Crippen molar-refractivity contribution in [3.05, 3.63) is 94.5 Å². The number of fused-ring (bicyclic) bond motifs is 1. The first-order chi connectivity index (χ1) is 14.1. The zero-order valence-electron chi connectivity index (χ0n) is 16.7. The van der Waals surface area contributed by atoms with Gasteiger partial charge in [0.15, 0.2) is 0 Å². The summed E-state index contributed by atoms with van der Waals surface area (Å²) in [4.78, 5) is 12.0. The number of benzene rings is 3. The standard InChI is InChI=1S/C25H22O4/c1-27-20-9-4-16(5-10-20)23-15-19-14-18(25(26)29-3)8-13-22(19)24(23)17-6-11-21(28-2)12-7-17/h4-14H,15H2,1-3H3. The molecule has 0 aromatic heterocycles. The minimum Gasteiger partial charge on any atom is -0.497 e. The molecule has 0 radical (unpaired) electrons. The van der Waals surface area contributed by atoms with E-state index in [1.54, 1.807) is 14.2 Å². The molecule has 4 nitrogen and oxygen atoms in total. The van der Waals surface area contributed by atoms with E-state index < -0.39 is 0 Å². The van der Waals surface area contributed by atoms with Gasteiger partial charge in [0, 0.05) is 0 Å². The van der Waals surface area contributed by atoms with E-state index in [0.29, 0.717) is 5.56 Å². The minimum absolute atomic E-state index is 0.323. The molecule has 0 spiro atoms. The molecule has 0 N–H and O–H groups in total. The fraction of sp³-hybridized carbons (Fsp3) is 0.160. The third-order valence-electron chi connectivity index (χ3n) is 5.28. The van der Waals surface area contributed by atoms with Gasteiger partial charge in [-0.25, -0.2) is 4.79 Å². The van der Waals surface area contributed by atoms with E-state index in [4.69, 9.17) is 14.2 Å². The number of ether oxygens (including phenoxy) is 3. The molecule has 0 unspecified atom stereocenters. The first kappa shape index (κ1) is 18.8. The van der Waals surface area contributed by atoms with Gasteiger partial charge in [0.2, 0.25) is 0 Å². The second-order valence-electron chi connectivity index (χ2n) is 6.85. The molecular weight excluding hydrogens is 364 g/mol. The Morgan fingerprint density at radius 3 is 1.90 bits per heavy atom. The molecule has 3 aromatic carbocycles. The van der Waals surface area contributed by atoms with Gasteiger partial charge >= 0.3 is 5.97 Å². The molecule has 0 fully saturated rings. The summed E-state index contributed by atoms with van der Waals surface area (Å²) < 4.78 is 15.5. The molecule has 3 aromatic rings. The van der Waals surface area contributed by atoms with Crippen LogP contribution < -0.4 is 9.47 Å². The molecule has 0 atom stereocenters. The zero-order chi connectivity index (χ0) is 20.4. The van der Waals surface area contributed by atoms with E-state index >= 15 is 0 Å². The zero-order valence-corrected chi connectivity index (χ0v) is 16.7. The quantitative estimate of drug-likeness (QED) is 0.579. The van der Waals surface area contributed by atoms with E-state index in [2.05, 4.69) is 24.3 Å². The summed E-state index contributed by atoms with van der Waals surface area (Å²) in [6.07, 6.45) is 0.744. The highest BCUT2D eigenvalue weighted by atomic mass is 16.5. The third-order valence-corrected chi connectivity index (χ3v) is 5.28. The van der Waals surface area contributed by atoms with Crippen molar-refractivity contribution in [2.45, 2.75) is 6.42 Å². The SMILES string of the molecule is COC(=O)c1ccc2c(c1)CC(c1ccc(OC)cc1)=C2c1ccc(OC)cc1. The predicted molar refractivity (Wildman–Crippen MR) is 113 cm³/mol. The van der Waals surface area contributed by atoms with Gasteiger partial charge in [0.1, 0.15) is 11.5 Å². The van der Waals surface area contributed by atoms with Crippen molar-refractivity contribution in [2.24, 2.45) is 0 Å². The van der Waals surface area contributed by atoms with Crippen LogP contribution in [0, 0.1) is 0 Å². The molecule has 4 heteroatoms. The highest BCUT2D eigenvalue weighted by Gasteiger charge is 2.25. The molecule has 1 aliphatic rings. The van der Waals surface area contributed by atoms with Crippen LogP contribution in [0.4, 0.5) is 0 Å². The Labute approximate surface area is 170 Å². The molecule has 29 heavy (non-hydrogen) atoms. The Morgan fingerprint density at radius 1 is 0.759 bits per heavy atom. The van der Waals surface area contributed by atoms with Gasteiger partial charge in [-0.15, -0.1) is 0 Å². The molecule has 0 saturated carbocycles. The molecule has 0 heterocycles. The first-order valence-corrected chi connectivity index (χ1v) is 9.38. The van der Waals surface area contributed by atoms with Crippen LogP contribution in [0.2, 0.25) is 0 Å². The van der Waals surface area contributed by atoms with Crippen LogP contribution in [0.3, 0.4) is 0 Å². The first-order valence-electron chi connectivity index (χ1n) is 9.38. The average molecular weight is 386 g/mol. The lowest BCUT2D eigenvalue weighted by atomic mass is 9.94. The van der Waals surface area contributed by atoms with E-state index in [-0.39, 0.29) is 5.97 Å². The summed E-state index contributed by atoms with van der Waals surface area (Å²) >= 11 is 0. The maximum absolute atomic E-state index is 12.0. The lowest BCUT2D eigenvalue weighted by molar-refractivity contribution is 0.0600. The Morgan fingerprint density at radius 2 is 1.34 bits per heavy atom. The van der Waals surface area contributed by atoms with Crippen molar-refractivity contribution in [3.8, 4) is 11.5 Å². The van der Waals surface area contributed by atoms with Crippen LogP contribution in [-0.2, 0) is 11.2 Å². The molecule has 4 rings (SSSR count).